The lowest BCUT2D eigenvalue weighted by Gasteiger charge is -2.15. The Hall–Kier alpha value is -0.780. The number of carbonyl (C=O) groups is 1. The SMILES string of the molecule is Cc1nn(C)c(C)c1CC(C)C(=O)NCC(N)C1CC1.Cl.Cl. The summed E-state index contributed by atoms with van der Waals surface area (Å²) in [5.41, 5.74) is 9.33. The zero-order chi connectivity index (χ0) is 14.9. The van der Waals surface area contributed by atoms with Crippen LogP contribution in [0.25, 0.3) is 0 Å². The highest BCUT2D eigenvalue weighted by Gasteiger charge is 2.29. The van der Waals surface area contributed by atoms with E-state index in [0.29, 0.717) is 12.5 Å². The average molecular weight is 351 g/mol. The number of nitrogens with one attached hydrogen (secondary N) is 1. The van der Waals surface area contributed by atoms with Crippen LogP contribution in [-0.2, 0) is 18.3 Å². The van der Waals surface area contributed by atoms with E-state index in [1.165, 1.54) is 18.4 Å². The topological polar surface area (TPSA) is 72.9 Å². The number of hydrogen-bond donors (Lipinski definition) is 2. The van der Waals surface area contributed by atoms with Crippen molar-refractivity contribution in [2.75, 3.05) is 6.54 Å². The second kappa shape index (κ2) is 8.75. The summed E-state index contributed by atoms with van der Waals surface area (Å²) < 4.78 is 1.87. The van der Waals surface area contributed by atoms with Gasteiger partial charge in [0.05, 0.1) is 5.69 Å². The van der Waals surface area contributed by atoms with E-state index in [2.05, 4.69) is 10.4 Å². The molecule has 7 heteroatoms. The van der Waals surface area contributed by atoms with E-state index in [0.717, 1.165) is 17.8 Å². The fourth-order valence-corrected chi connectivity index (χ4v) is 2.60. The molecule has 1 amide bonds. The summed E-state index contributed by atoms with van der Waals surface area (Å²) in [5, 5.41) is 7.37. The average Bonchev–Trinajstić information content (AvgIpc) is 3.21. The van der Waals surface area contributed by atoms with Gasteiger partial charge in [0.15, 0.2) is 0 Å². The predicted octanol–water partition coefficient (Wildman–Crippen LogP) is 1.91. The van der Waals surface area contributed by atoms with Crippen LogP contribution in [0, 0.1) is 25.7 Å². The molecule has 0 spiro atoms. The summed E-state index contributed by atoms with van der Waals surface area (Å²) in [6.07, 6.45) is 3.15. The minimum atomic E-state index is -0.0528. The van der Waals surface area contributed by atoms with Gasteiger partial charge in [-0.25, -0.2) is 0 Å². The van der Waals surface area contributed by atoms with E-state index in [9.17, 15) is 4.79 Å². The summed E-state index contributed by atoms with van der Waals surface area (Å²) in [5.74, 6) is 0.653. The van der Waals surface area contributed by atoms with Gasteiger partial charge in [0.1, 0.15) is 0 Å². The highest BCUT2D eigenvalue weighted by atomic mass is 35.5. The molecule has 1 fully saturated rings. The van der Waals surface area contributed by atoms with Gasteiger partial charge in [-0.2, -0.15) is 5.10 Å². The van der Waals surface area contributed by atoms with Crippen molar-refractivity contribution in [1.29, 1.82) is 0 Å². The third-order valence-electron chi connectivity index (χ3n) is 4.36. The van der Waals surface area contributed by atoms with E-state index < -0.39 is 0 Å². The lowest BCUT2D eigenvalue weighted by molar-refractivity contribution is -0.124. The first-order chi connectivity index (χ1) is 9.40. The molecular formula is C15H28Cl2N4O. The van der Waals surface area contributed by atoms with Crippen LogP contribution in [0.4, 0.5) is 0 Å². The normalized spacial score (nSPS) is 16.2. The van der Waals surface area contributed by atoms with Crippen molar-refractivity contribution in [1.82, 2.24) is 15.1 Å². The molecule has 0 radical (unpaired) electrons. The van der Waals surface area contributed by atoms with Gasteiger partial charge in [0, 0.05) is 31.2 Å². The first-order valence-electron chi connectivity index (χ1n) is 7.42. The Kier molecular flexibility index (Phi) is 8.44. The van der Waals surface area contributed by atoms with Gasteiger partial charge >= 0.3 is 0 Å². The van der Waals surface area contributed by atoms with Gasteiger partial charge in [-0.3, -0.25) is 9.48 Å². The van der Waals surface area contributed by atoms with Crippen molar-refractivity contribution < 1.29 is 4.79 Å². The van der Waals surface area contributed by atoms with Crippen molar-refractivity contribution in [3.8, 4) is 0 Å². The number of halogens is 2. The van der Waals surface area contributed by atoms with Crippen molar-refractivity contribution in [2.24, 2.45) is 24.6 Å². The Balaban J connectivity index is 0.00000220. The maximum atomic E-state index is 12.1. The van der Waals surface area contributed by atoms with Gasteiger partial charge in [0.2, 0.25) is 5.91 Å². The van der Waals surface area contributed by atoms with E-state index >= 15 is 0 Å². The standard InChI is InChI=1S/C15H26N4O.2ClH/c1-9(7-13-10(2)18-19(4)11(13)3)15(20)17-8-14(16)12-5-6-12;;/h9,12,14H,5-8,16H2,1-4H3,(H,17,20);2*1H. The number of nitrogens with two attached hydrogens (primary N) is 1. The first-order valence-corrected chi connectivity index (χ1v) is 7.42. The van der Waals surface area contributed by atoms with Gasteiger partial charge in [-0.05, 0) is 44.6 Å². The van der Waals surface area contributed by atoms with Crippen molar-refractivity contribution in [3.63, 3.8) is 0 Å². The molecule has 1 aliphatic rings. The lowest BCUT2D eigenvalue weighted by atomic mass is 9.98. The molecule has 1 aromatic heterocycles. The van der Waals surface area contributed by atoms with Gasteiger partial charge in [-0.15, -0.1) is 24.8 Å². The van der Waals surface area contributed by atoms with Gasteiger partial charge in [0.25, 0.3) is 0 Å². The van der Waals surface area contributed by atoms with Crippen molar-refractivity contribution in [3.05, 3.63) is 17.0 Å². The van der Waals surface area contributed by atoms with Crippen molar-refractivity contribution in [2.45, 2.75) is 46.1 Å². The van der Waals surface area contributed by atoms with E-state index in [1.807, 2.05) is 32.5 Å². The summed E-state index contributed by atoms with van der Waals surface area (Å²) in [6.45, 7) is 6.60. The molecule has 0 aromatic carbocycles. The Morgan fingerprint density at radius 2 is 2.00 bits per heavy atom. The maximum Gasteiger partial charge on any atom is 0.223 e. The minimum absolute atomic E-state index is 0. The van der Waals surface area contributed by atoms with Crippen LogP contribution in [0.2, 0.25) is 0 Å². The third-order valence-corrected chi connectivity index (χ3v) is 4.36. The zero-order valence-electron chi connectivity index (χ0n) is 13.8. The minimum Gasteiger partial charge on any atom is -0.354 e. The van der Waals surface area contributed by atoms with Gasteiger partial charge < -0.3 is 11.1 Å². The lowest BCUT2D eigenvalue weighted by Crippen LogP contribution is -2.41. The number of hydrogen-bond acceptors (Lipinski definition) is 3. The Labute approximate surface area is 145 Å². The summed E-state index contributed by atoms with van der Waals surface area (Å²) >= 11 is 0. The number of amides is 1. The third kappa shape index (κ3) is 5.14. The van der Waals surface area contributed by atoms with E-state index in [1.54, 1.807) is 0 Å². The number of nitrogens with zero attached hydrogens (tertiary/aromatic N) is 2. The molecule has 0 aliphatic heterocycles. The molecule has 1 aliphatic carbocycles. The zero-order valence-corrected chi connectivity index (χ0v) is 15.4. The first kappa shape index (κ1) is 21.2. The molecule has 22 heavy (non-hydrogen) atoms. The second-order valence-corrected chi connectivity index (χ2v) is 6.12. The largest absolute Gasteiger partial charge is 0.354 e. The Morgan fingerprint density at radius 1 is 1.41 bits per heavy atom. The van der Waals surface area contributed by atoms with Crippen molar-refractivity contribution >= 4 is 30.7 Å². The molecule has 3 N–H and O–H groups in total. The van der Waals surface area contributed by atoms with E-state index in [4.69, 9.17) is 5.73 Å². The molecule has 5 nitrogen and oxygen atoms in total. The van der Waals surface area contributed by atoms with Crippen LogP contribution < -0.4 is 11.1 Å². The molecule has 0 saturated heterocycles. The highest BCUT2D eigenvalue weighted by Crippen LogP contribution is 2.31. The van der Waals surface area contributed by atoms with Crippen LogP contribution in [-0.4, -0.2) is 28.3 Å². The van der Waals surface area contributed by atoms with Crippen LogP contribution >= 0.6 is 24.8 Å². The molecule has 2 unspecified atom stereocenters. The van der Waals surface area contributed by atoms with Crippen LogP contribution in [0.1, 0.15) is 36.7 Å². The fourth-order valence-electron chi connectivity index (χ4n) is 2.60. The molecule has 1 heterocycles. The highest BCUT2D eigenvalue weighted by molar-refractivity contribution is 5.85. The van der Waals surface area contributed by atoms with Crippen LogP contribution in [0.15, 0.2) is 0 Å². The summed E-state index contributed by atoms with van der Waals surface area (Å²) in [4.78, 5) is 12.1. The number of aryl methyl sites for hydroxylation is 2. The monoisotopic (exact) mass is 350 g/mol. The molecule has 2 atom stereocenters. The van der Waals surface area contributed by atoms with Crippen LogP contribution in [0.5, 0.6) is 0 Å². The smallest absolute Gasteiger partial charge is 0.223 e. The Morgan fingerprint density at radius 3 is 2.45 bits per heavy atom. The number of carbonyl (C=O) groups excluding carboxylic acids is 1. The number of rotatable bonds is 6. The summed E-state index contributed by atoms with van der Waals surface area (Å²) in [7, 11) is 1.94. The Bertz CT molecular complexity index is 500. The van der Waals surface area contributed by atoms with Crippen LogP contribution in [0.3, 0.4) is 0 Å². The molecule has 1 saturated carbocycles. The fraction of sp³-hybridized carbons (Fsp3) is 0.733. The summed E-state index contributed by atoms with van der Waals surface area (Å²) in [6, 6.07) is 0.119. The molecule has 128 valence electrons. The maximum absolute atomic E-state index is 12.1. The quantitative estimate of drug-likeness (QED) is 0.822. The molecular weight excluding hydrogens is 323 g/mol. The van der Waals surface area contributed by atoms with E-state index in [-0.39, 0.29) is 42.7 Å². The molecule has 1 aromatic rings. The van der Waals surface area contributed by atoms with Gasteiger partial charge in [-0.1, -0.05) is 6.92 Å². The molecule has 0 bridgehead atoms. The number of aromatic nitrogens is 2. The second-order valence-electron chi connectivity index (χ2n) is 6.12. The molecule has 2 rings (SSSR count). The predicted molar refractivity (Wildman–Crippen MR) is 93.8 cm³/mol.